The van der Waals surface area contributed by atoms with Crippen LogP contribution in [0.1, 0.15) is 13.3 Å². The maximum absolute atomic E-state index is 15.0. The van der Waals surface area contributed by atoms with Crippen molar-refractivity contribution in [1.82, 2.24) is 5.32 Å². The van der Waals surface area contributed by atoms with Crippen LogP contribution in [0.15, 0.2) is 45.6 Å². The van der Waals surface area contributed by atoms with E-state index in [0.29, 0.717) is 35.8 Å². The van der Waals surface area contributed by atoms with Crippen molar-refractivity contribution < 1.29 is 18.3 Å². The van der Waals surface area contributed by atoms with Crippen LogP contribution in [0.5, 0.6) is 11.5 Å². The van der Waals surface area contributed by atoms with E-state index in [0.717, 1.165) is 25.2 Å². The zero-order chi connectivity index (χ0) is 20.8. The Hall–Kier alpha value is -3.06. The molecule has 7 heteroatoms. The predicted molar refractivity (Wildman–Crippen MR) is 113 cm³/mol. The summed E-state index contributed by atoms with van der Waals surface area (Å²) < 4.78 is 31.5. The molecule has 0 aliphatic carbocycles. The van der Waals surface area contributed by atoms with Gasteiger partial charge in [0.2, 0.25) is 0 Å². The molecule has 2 fully saturated rings. The minimum absolute atomic E-state index is 0.257. The lowest BCUT2D eigenvalue weighted by molar-refractivity contribution is 0.311. The number of hydrogen-bond acceptors (Lipinski definition) is 6. The Morgan fingerprint density at radius 2 is 2.10 bits per heavy atom. The van der Waals surface area contributed by atoms with E-state index in [1.807, 2.05) is 6.92 Å². The molecule has 30 heavy (non-hydrogen) atoms. The number of piperazine rings is 1. The van der Waals surface area contributed by atoms with Crippen LogP contribution in [-0.4, -0.2) is 38.9 Å². The van der Waals surface area contributed by atoms with Crippen LogP contribution in [0, 0.1) is 5.82 Å². The monoisotopic (exact) mass is 410 g/mol. The van der Waals surface area contributed by atoms with E-state index < -0.39 is 11.4 Å². The normalized spacial score (nSPS) is 20.2. The molecule has 0 radical (unpaired) electrons. The van der Waals surface area contributed by atoms with E-state index >= 15 is 4.39 Å². The molecule has 1 aromatic heterocycles. The van der Waals surface area contributed by atoms with Gasteiger partial charge in [0.15, 0.2) is 11.5 Å². The summed E-state index contributed by atoms with van der Waals surface area (Å²) in [5.74, 6) is 0.684. The first-order valence-electron chi connectivity index (χ1n) is 10.2. The van der Waals surface area contributed by atoms with E-state index in [1.54, 1.807) is 37.4 Å². The van der Waals surface area contributed by atoms with Crippen molar-refractivity contribution in [2.45, 2.75) is 25.4 Å². The third-order valence-electron chi connectivity index (χ3n) is 5.95. The Labute approximate surface area is 173 Å². The molecule has 2 saturated heterocycles. The van der Waals surface area contributed by atoms with E-state index in [-0.39, 0.29) is 16.5 Å². The number of anilines is 1. The SMILES string of the molecule is CCOc1cc(-c2cc3c(F)cc(N4C[C@@H]5C[C@H]4CN5)cc3oc2=O)ccc1OC. The fourth-order valence-corrected chi connectivity index (χ4v) is 4.52. The van der Waals surface area contributed by atoms with Crippen molar-refractivity contribution >= 4 is 16.7 Å². The minimum atomic E-state index is -0.517. The molecule has 3 heterocycles. The largest absolute Gasteiger partial charge is 0.493 e. The lowest BCUT2D eigenvalue weighted by atomic mass is 10.0. The van der Waals surface area contributed by atoms with Crippen molar-refractivity contribution in [3.05, 3.63) is 52.6 Å². The van der Waals surface area contributed by atoms with Crippen molar-refractivity contribution in [2.24, 2.45) is 0 Å². The summed E-state index contributed by atoms with van der Waals surface area (Å²) in [5, 5.41) is 3.72. The third-order valence-corrected chi connectivity index (χ3v) is 5.95. The molecule has 2 aromatic carbocycles. The van der Waals surface area contributed by atoms with Crippen LogP contribution in [0.3, 0.4) is 0 Å². The van der Waals surface area contributed by atoms with Gasteiger partial charge in [-0.25, -0.2) is 9.18 Å². The standard InChI is InChI=1S/C23H23FN2O4/c1-3-29-22-6-13(4-5-20(22)28-2)17-10-18-19(24)8-15(9-21(18)30-23(17)27)26-12-14-7-16(26)11-25-14/h4-6,8-10,14,16,25H,3,7,11-12H2,1-2H3/t14-,16-/m0/s1. The van der Waals surface area contributed by atoms with Crippen LogP contribution in [0.2, 0.25) is 0 Å². The van der Waals surface area contributed by atoms with Crippen LogP contribution in [-0.2, 0) is 0 Å². The Bertz CT molecular complexity index is 1180. The molecule has 0 amide bonds. The van der Waals surface area contributed by atoms with Gasteiger partial charge in [0, 0.05) is 36.9 Å². The zero-order valence-electron chi connectivity index (χ0n) is 16.9. The Balaban J connectivity index is 1.57. The molecular weight excluding hydrogens is 387 g/mol. The van der Waals surface area contributed by atoms with Crippen molar-refractivity contribution in [1.29, 1.82) is 0 Å². The second kappa shape index (κ2) is 7.32. The first-order chi connectivity index (χ1) is 14.6. The first-order valence-corrected chi connectivity index (χ1v) is 10.2. The van der Waals surface area contributed by atoms with E-state index in [9.17, 15) is 4.79 Å². The van der Waals surface area contributed by atoms with E-state index in [4.69, 9.17) is 13.9 Å². The highest BCUT2D eigenvalue weighted by Gasteiger charge is 2.37. The summed E-state index contributed by atoms with van der Waals surface area (Å²) in [4.78, 5) is 14.9. The average Bonchev–Trinajstić information content (AvgIpc) is 3.37. The average molecular weight is 410 g/mol. The first kappa shape index (κ1) is 18.9. The summed E-state index contributed by atoms with van der Waals surface area (Å²) in [6.07, 6.45) is 1.06. The molecule has 0 unspecified atom stereocenters. The van der Waals surface area contributed by atoms with E-state index in [2.05, 4.69) is 10.2 Å². The summed E-state index contributed by atoms with van der Waals surface area (Å²) in [5.41, 5.74) is 1.36. The highest BCUT2D eigenvalue weighted by atomic mass is 19.1. The molecule has 5 rings (SSSR count). The molecule has 156 valence electrons. The molecule has 2 bridgehead atoms. The number of hydrogen-bond donors (Lipinski definition) is 1. The van der Waals surface area contributed by atoms with Gasteiger partial charge in [0.05, 0.1) is 24.7 Å². The van der Waals surface area contributed by atoms with Crippen LogP contribution in [0.4, 0.5) is 10.1 Å². The summed E-state index contributed by atoms with van der Waals surface area (Å²) in [6.45, 7) is 4.06. The number of rotatable bonds is 5. The number of nitrogens with one attached hydrogen (secondary N) is 1. The van der Waals surface area contributed by atoms with Gasteiger partial charge in [0.25, 0.3) is 0 Å². The smallest absolute Gasteiger partial charge is 0.344 e. The molecule has 6 nitrogen and oxygen atoms in total. The van der Waals surface area contributed by atoms with Crippen molar-refractivity contribution in [3.8, 4) is 22.6 Å². The number of methoxy groups -OCH3 is 1. The summed E-state index contributed by atoms with van der Waals surface area (Å²) in [7, 11) is 1.55. The second-order valence-electron chi connectivity index (χ2n) is 7.73. The molecule has 1 N–H and O–H groups in total. The topological polar surface area (TPSA) is 63.9 Å². The van der Waals surface area contributed by atoms with Gasteiger partial charge in [0.1, 0.15) is 11.4 Å². The van der Waals surface area contributed by atoms with Crippen molar-refractivity contribution in [2.75, 3.05) is 31.7 Å². The lowest BCUT2D eigenvalue weighted by Crippen LogP contribution is -2.43. The number of ether oxygens (including phenoxy) is 2. The molecule has 2 aliphatic rings. The zero-order valence-corrected chi connectivity index (χ0v) is 16.9. The van der Waals surface area contributed by atoms with Crippen LogP contribution >= 0.6 is 0 Å². The van der Waals surface area contributed by atoms with Gasteiger partial charge in [-0.15, -0.1) is 0 Å². The fraction of sp³-hybridized carbons (Fsp3) is 0.348. The molecule has 3 aromatic rings. The summed E-state index contributed by atoms with van der Waals surface area (Å²) >= 11 is 0. The predicted octanol–water partition coefficient (Wildman–Crippen LogP) is 3.56. The van der Waals surface area contributed by atoms with Gasteiger partial charge in [-0.05, 0) is 43.2 Å². The van der Waals surface area contributed by atoms with Gasteiger partial charge in [-0.2, -0.15) is 0 Å². The molecule has 0 spiro atoms. The lowest BCUT2D eigenvalue weighted by Gasteiger charge is -2.29. The summed E-state index contributed by atoms with van der Waals surface area (Å²) in [6, 6.07) is 10.8. The van der Waals surface area contributed by atoms with Gasteiger partial charge in [-0.1, -0.05) is 6.07 Å². The molecule has 2 atom stereocenters. The molecular formula is C23H23FN2O4. The maximum Gasteiger partial charge on any atom is 0.344 e. The minimum Gasteiger partial charge on any atom is -0.493 e. The highest BCUT2D eigenvalue weighted by molar-refractivity contribution is 5.85. The Morgan fingerprint density at radius 3 is 2.80 bits per heavy atom. The van der Waals surface area contributed by atoms with Crippen molar-refractivity contribution in [3.63, 3.8) is 0 Å². The van der Waals surface area contributed by atoms with E-state index in [1.165, 1.54) is 6.07 Å². The third kappa shape index (κ3) is 3.10. The Kier molecular flexibility index (Phi) is 4.62. The maximum atomic E-state index is 15.0. The number of fused-ring (bicyclic) bond motifs is 3. The second-order valence-corrected chi connectivity index (χ2v) is 7.73. The number of nitrogens with zero attached hydrogens (tertiary/aromatic N) is 1. The van der Waals surface area contributed by atoms with Crippen LogP contribution in [0.25, 0.3) is 22.1 Å². The van der Waals surface area contributed by atoms with Gasteiger partial charge < -0.3 is 24.1 Å². The number of benzene rings is 2. The quantitative estimate of drug-likeness (QED) is 0.649. The van der Waals surface area contributed by atoms with Gasteiger partial charge in [-0.3, -0.25) is 0 Å². The highest BCUT2D eigenvalue weighted by Crippen LogP contribution is 2.35. The Morgan fingerprint density at radius 1 is 1.23 bits per heavy atom. The fourth-order valence-electron chi connectivity index (χ4n) is 4.52. The number of halogens is 1. The molecule has 2 aliphatic heterocycles. The molecule has 0 saturated carbocycles. The van der Waals surface area contributed by atoms with Crippen LogP contribution < -0.4 is 25.3 Å². The van der Waals surface area contributed by atoms with Gasteiger partial charge >= 0.3 is 5.63 Å².